The standard InChI is InChI=1S/C23H17N3O3S/c27-20-14-30-23(16-9-6-10-17(13-16)26(28)29)25(20)22-18-11-4-5-12-19(18)24-21(22)15-7-2-1-3-8-15/h1-13,23-24H,14H2. The van der Waals surface area contributed by atoms with Gasteiger partial charge in [0, 0.05) is 28.6 Å². The van der Waals surface area contributed by atoms with Crippen LogP contribution in [0.1, 0.15) is 10.9 Å². The van der Waals surface area contributed by atoms with Crippen LogP contribution in [0.2, 0.25) is 0 Å². The third-order valence-corrected chi connectivity index (χ3v) is 6.43. The van der Waals surface area contributed by atoms with Crippen molar-refractivity contribution in [3.63, 3.8) is 0 Å². The monoisotopic (exact) mass is 415 g/mol. The summed E-state index contributed by atoms with van der Waals surface area (Å²) >= 11 is 1.48. The second-order valence-electron chi connectivity index (χ2n) is 7.04. The van der Waals surface area contributed by atoms with Crippen LogP contribution in [0, 0.1) is 10.1 Å². The number of aromatic nitrogens is 1. The number of nitrogens with one attached hydrogen (secondary N) is 1. The molecule has 1 atom stereocenters. The normalized spacial score (nSPS) is 16.3. The molecule has 6 nitrogen and oxygen atoms in total. The first-order valence-electron chi connectivity index (χ1n) is 9.47. The van der Waals surface area contributed by atoms with Gasteiger partial charge in [-0.25, -0.2) is 0 Å². The van der Waals surface area contributed by atoms with E-state index in [1.807, 2.05) is 60.7 Å². The van der Waals surface area contributed by atoms with Gasteiger partial charge in [0.05, 0.1) is 22.1 Å². The first kappa shape index (κ1) is 18.4. The summed E-state index contributed by atoms with van der Waals surface area (Å²) in [6.07, 6.45) is 0. The second-order valence-corrected chi connectivity index (χ2v) is 8.11. The van der Waals surface area contributed by atoms with Crippen LogP contribution in [0.4, 0.5) is 11.4 Å². The summed E-state index contributed by atoms with van der Waals surface area (Å²) in [5.41, 5.74) is 4.35. The van der Waals surface area contributed by atoms with E-state index < -0.39 is 4.92 Å². The third-order valence-electron chi connectivity index (χ3n) is 5.22. The van der Waals surface area contributed by atoms with Gasteiger partial charge in [-0.15, -0.1) is 11.8 Å². The Morgan fingerprint density at radius 3 is 2.57 bits per heavy atom. The van der Waals surface area contributed by atoms with Crippen molar-refractivity contribution in [2.45, 2.75) is 5.37 Å². The van der Waals surface area contributed by atoms with E-state index in [0.29, 0.717) is 5.75 Å². The van der Waals surface area contributed by atoms with Crippen molar-refractivity contribution in [3.05, 3.63) is 94.5 Å². The zero-order valence-electron chi connectivity index (χ0n) is 15.8. The predicted octanol–water partition coefficient (Wildman–Crippen LogP) is 5.52. The van der Waals surface area contributed by atoms with Gasteiger partial charge in [-0.05, 0) is 11.6 Å². The van der Waals surface area contributed by atoms with Gasteiger partial charge in [0.15, 0.2) is 0 Å². The maximum absolute atomic E-state index is 13.1. The highest BCUT2D eigenvalue weighted by molar-refractivity contribution is 8.00. The number of hydrogen-bond donors (Lipinski definition) is 1. The Morgan fingerprint density at radius 1 is 1.00 bits per heavy atom. The topological polar surface area (TPSA) is 79.2 Å². The summed E-state index contributed by atoms with van der Waals surface area (Å²) in [7, 11) is 0. The maximum atomic E-state index is 13.1. The quantitative estimate of drug-likeness (QED) is 0.351. The van der Waals surface area contributed by atoms with Gasteiger partial charge >= 0.3 is 0 Å². The first-order valence-corrected chi connectivity index (χ1v) is 10.5. The Bertz CT molecular complexity index is 1270. The molecule has 30 heavy (non-hydrogen) atoms. The smallest absolute Gasteiger partial charge is 0.269 e. The van der Waals surface area contributed by atoms with Crippen LogP contribution >= 0.6 is 11.8 Å². The molecule has 1 amide bonds. The number of para-hydroxylation sites is 1. The Kier molecular flexibility index (Phi) is 4.52. The molecule has 0 aliphatic carbocycles. The van der Waals surface area contributed by atoms with E-state index in [0.717, 1.165) is 33.4 Å². The highest BCUT2D eigenvalue weighted by atomic mass is 32.2. The minimum absolute atomic E-state index is 0.0153. The molecule has 7 heteroatoms. The van der Waals surface area contributed by atoms with Crippen LogP contribution in [0.5, 0.6) is 0 Å². The molecular weight excluding hydrogens is 398 g/mol. The summed E-state index contributed by atoms with van der Waals surface area (Å²) in [6.45, 7) is 0. The average molecular weight is 415 g/mol. The van der Waals surface area contributed by atoms with Crippen molar-refractivity contribution >= 4 is 39.9 Å². The number of nitro benzene ring substituents is 1. The third kappa shape index (κ3) is 3.04. The number of amides is 1. The van der Waals surface area contributed by atoms with E-state index in [1.54, 1.807) is 17.0 Å². The lowest BCUT2D eigenvalue weighted by molar-refractivity contribution is -0.384. The fraction of sp³-hybridized carbons (Fsp3) is 0.0870. The molecule has 1 unspecified atom stereocenters. The molecule has 5 rings (SSSR count). The molecule has 0 radical (unpaired) electrons. The molecule has 1 aliphatic heterocycles. The Labute approximate surface area is 176 Å². The number of H-pyrrole nitrogens is 1. The minimum Gasteiger partial charge on any atom is -0.353 e. The van der Waals surface area contributed by atoms with Crippen molar-refractivity contribution in [1.82, 2.24) is 4.98 Å². The Balaban J connectivity index is 1.71. The fourth-order valence-corrected chi connectivity index (χ4v) is 5.05. The molecule has 1 aromatic heterocycles. The zero-order valence-corrected chi connectivity index (χ0v) is 16.6. The lowest BCUT2D eigenvalue weighted by Gasteiger charge is -2.25. The predicted molar refractivity (Wildman–Crippen MR) is 120 cm³/mol. The van der Waals surface area contributed by atoms with E-state index in [4.69, 9.17) is 0 Å². The lowest BCUT2D eigenvalue weighted by Crippen LogP contribution is -2.28. The molecule has 2 heterocycles. The molecule has 3 aromatic carbocycles. The molecule has 0 saturated carbocycles. The molecule has 4 aromatic rings. The number of non-ortho nitro benzene ring substituents is 1. The number of benzene rings is 3. The van der Waals surface area contributed by atoms with Gasteiger partial charge in [0.25, 0.3) is 5.69 Å². The van der Waals surface area contributed by atoms with E-state index in [9.17, 15) is 14.9 Å². The van der Waals surface area contributed by atoms with E-state index in [-0.39, 0.29) is 17.0 Å². The van der Waals surface area contributed by atoms with Crippen LogP contribution in [0.3, 0.4) is 0 Å². The van der Waals surface area contributed by atoms with Crippen molar-refractivity contribution in [3.8, 4) is 11.3 Å². The van der Waals surface area contributed by atoms with Gasteiger partial charge in [0.2, 0.25) is 5.91 Å². The molecule has 0 spiro atoms. The molecule has 1 saturated heterocycles. The van der Waals surface area contributed by atoms with Crippen molar-refractivity contribution in [2.75, 3.05) is 10.7 Å². The van der Waals surface area contributed by atoms with E-state index >= 15 is 0 Å². The summed E-state index contributed by atoms with van der Waals surface area (Å²) < 4.78 is 0. The summed E-state index contributed by atoms with van der Waals surface area (Å²) in [5, 5.41) is 11.9. The lowest BCUT2D eigenvalue weighted by atomic mass is 10.1. The number of hydrogen-bond acceptors (Lipinski definition) is 4. The highest BCUT2D eigenvalue weighted by Crippen LogP contribution is 2.48. The van der Waals surface area contributed by atoms with Crippen LogP contribution in [0.25, 0.3) is 22.2 Å². The Morgan fingerprint density at radius 2 is 1.77 bits per heavy atom. The van der Waals surface area contributed by atoms with E-state index in [2.05, 4.69) is 4.98 Å². The van der Waals surface area contributed by atoms with Crippen molar-refractivity contribution < 1.29 is 9.72 Å². The molecule has 1 N–H and O–H groups in total. The molecular formula is C23H17N3O3S. The average Bonchev–Trinajstić information content (AvgIpc) is 3.34. The number of aromatic amines is 1. The number of fused-ring (bicyclic) bond motifs is 1. The van der Waals surface area contributed by atoms with Crippen molar-refractivity contribution in [2.24, 2.45) is 0 Å². The summed E-state index contributed by atoms with van der Waals surface area (Å²) in [5.74, 6) is 0.305. The molecule has 148 valence electrons. The Hall–Kier alpha value is -3.58. The number of carbonyl (C=O) groups excluding carboxylic acids is 1. The minimum atomic E-state index is -0.406. The van der Waals surface area contributed by atoms with E-state index in [1.165, 1.54) is 17.8 Å². The number of nitrogens with zero attached hydrogens (tertiary/aromatic N) is 2. The summed E-state index contributed by atoms with van der Waals surface area (Å²) in [6, 6.07) is 24.3. The van der Waals surface area contributed by atoms with Crippen LogP contribution < -0.4 is 4.90 Å². The van der Waals surface area contributed by atoms with Gasteiger partial charge in [-0.3, -0.25) is 19.8 Å². The van der Waals surface area contributed by atoms with Crippen LogP contribution in [-0.2, 0) is 4.79 Å². The number of thioether (sulfide) groups is 1. The van der Waals surface area contributed by atoms with Crippen LogP contribution in [-0.4, -0.2) is 21.6 Å². The molecule has 0 bridgehead atoms. The number of carbonyl (C=O) groups is 1. The highest BCUT2D eigenvalue weighted by Gasteiger charge is 2.37. The van der Waals surface area contributed by atoms with Gasteiger partial charge in [-0.1, -0.05) is 60.7 Å². The van der Waals surface area contributed by atoms with Gasteiger partial charge in [0.1, 0.15) is 5.37 Å². The summed E-state index contributed by atoms with van der Waals surface area (Å²) in [4.78, 5) is 29.2. The van der Waals surface area contributed by atoms with Gasteiger partial charge < -0.3 is 4.98 Å². The fourth-order valence-electron chi connectivity index (χ4n) is 3.90. The number of rotatable bonds is 4. The second kappa shape index (κ2) is 7.35. The number of nitro groups is 1. The first-order chi connectivity index (χ1) is 14.6. The zero-order chi connectivity index (χ0) is 20.7. The van der Waals surface area contributed by atoms with Crippen molar-refractivity contribution in [1.29, 1.82) is 0 Å². The SMILES string of the molecule is O=C1CSC(c2cccc([N+](=O)[O-])c2)N1c1c(-c2ccccc2)[nH]c2ccccc12. The maximum Gasteiger partial charge on any atom is 0.269 e. The van der Waals surface area contributed by atoms with Gasteiger partial charge in [-0.2, -0.15) is 0 Å². The largest absolute Gasteiger partial charge is 0.353 e. The number of anilines is 1. The molecule has 1 fully saturated rings. The van der Waals surface area contributed by atoms with Crippen LogP contribution in [0.15, 0.2) is 78.9 Å². The molecule has 1 aliphatic rings.